The summed E-state index contributed by atoms with van der Waals surface area (Å²) in [5.74, 6) is -0.292. The molecule has 0 bridgehead atoms. The summed E-state index contributed by atoms with van der Waals surface area (Å²) in [6.07, 6.45) is 18.2. The van der Waals surface area contributed by atoms with Gasteiger partial charge in [-0.15, -0.1) is 0 Å². The van der Waals surface area contributed by atoms with Crippen molar-refractivity contribution in [3.05, 3.63) is 12.2 Å². The van der Waals surface area contributed by atoms with E-state index in [4.69, 9.17) is 14.2 Å². The maximum atomic E-state index is 11.8. The van der Waals surface area contributed by atoms with Gasteiger partial charge in [-0.1, -0.05) is 57.6 Å². The number of carbonyl (C=O) groups is 2. The van der Waals surface area contributed by atoms with Gasteiger partial charge in [0.1, 0.15) is 6.61 Å². The predicted octanol–water partition coefficient (Wildman–Crippen LogP) is 5.70. The van der Waals surface area contributed by atoms with E-state index >= 15 is 0 Å². The average Bonchev–Trinajstić information content (AvgIpc) is 2.84. The Labute approximate surface area is 214 Å². The van der Waals surface area contributed by atoms with E-state index in [1.165, 1.54) is 45.6 Å². The second kappa shape index (κ2) is 25.6. The first-order valence-electron chi connectivity index (χ1n) is 13.7. The Morgan fingerprint density at radius 2 is 1.31 bits per heavy atom. The number of ether oxygens (including phenoxy) is 4. The molecule has 7 heteroatoms. The van der Waals surface area contributed by atoms with Crippen LogP contribution in [-0.2, 0) is 28.5 Å². The van der Waals surface area contributed by atoms with E-state index in [1.807, 2.05) is 20.2 Å². The lowest BCUT2D eigenvalue weighted by atomic mass is 10.1. The second-order valence-corrected chi connectivity index (χ2v) is 9.32. The lowest BCUT2D eigenvalue weighted by Gasteiger charge is -2.24. The maximum Gasteiger partial charge on any atom is 0.306 e. The molecule has 0 aromatic heterocycles. The van der Waals surface area contributed by atoms with Crippen molar-refractivity contribution in [2.75, 3.05) is 54.2 Å². The van der Waals surface area contributed by atoms with Gasteiger partial charge in [-0.25, -0.2) is 0 Å². The van der Waals surface area contributed by atoms with Gasteiger partial charge in [-0.05, 0) is 52.6 Å². The van der Waals surface area contributed by atoms with Crippen LogP contribution in [0, 0.1) is 0 Å². The summed E-state index contributed by atoms with van der Waals surface area (Å²) in [7, 11) is 5.44. The minimum atomic E-state index is -0.173. The van der Waals surface area contributed by atoms with Crippen molar-refractivity contribution in [2.45, 2.75) is 103 Å². The van der Waals surface area contributed by atoms with Crippen LogP contribution in [0.25, 0.3) is 0 Å². The third-order valence-electron chi connectivity index (χ3n) is 5.90. The number of nitrogens with zero attached hydrogens (tertiary/aromatic N) is 1. The number of hydrogen-bond acceptors (Lipinski definition) is 7. The monoisotopic (exact) mass is 499 g/mol. The van der Waals surface area contributed by atoms with Gasteiger partial charge in [0, 0.05) is 26.1 Å². The minimum absolute atomic E-state index is 0.119. The number of esters is 2. The van der Waals surface area contributed by atoms with Gasteiger partial charge < -0.3 is 23.8 Å². The number of likely N-dealkylation sites (N-methyl/N-ethyl adjacent to an activating group) is 1. The standard InChI is InChI=1S/C28H53NO6/c1-5-6-7-8-9-10-11-12-17-23-35-28(31)20-14-13-16-21-33-24-26(29(2)3)25-34-22-18-15-19-27(30)32-4/h12,17,26H,5-11,13-16,18-25H2,1-4H3. The van der Waals surface area contributed by atoms with Crippen LogP contribution in [0.1, 0.15) is 96.8 Å². The van der Waals surface area contributed by atoms with Gasteiger partial charge in [0.25, 0.3) is 0 Å². The number of allylic oxidation sites excluding steroid dienone is 1. The number of carbonyl (C=O) groups excluding carboxylic acids is 2. The number of methoxy groups -OCH3 is 1. The van der Waals surface area contributed by atoms with Crippen molar-refractivity contribution in [1.82, 2.24) is 4.90 Å². The van der Waals surface area contributed by atoms with E-state index in [9.17, 15) is 9.59 Å². The molecular weight excluding hydrogens is 446 g/mol. The Morgan fingerprint density at radius 1 is 0.743 bits per heavy atom. The smallest absolute Gasteiger partial charge is 0.306 e. The quantitative estimate of drug-likeness (QED) is 0.0905. The summed E-state index contributed by atoms with van der Waals surface area (Å²) in [5, 5.41) is 0. The normalized spacial score (nSPS) is 12.4. The Bertz CT molecular complexity index is 524. The molecule has 0 aliphatic rings. The third kappa shape index (κ3) is 24.0. The molecule has 1 atom stereocenters. The largest absolute Gasteiger partial charge is 0.469 e. The molecular formula is C28H53NO6. The van der Waals surface area contributed by atoms with Crippen LogP contribution in [-0.4, -0.2) is 77.1 Å². The first-order valence-corrected chi connectivity index (χ1v) is 13.7. The van der Waals surface area contributed by atoms with Crippen molar-refractivity contribution < 1.29 is 28.5 Å². The fourth-order valence-electron chi connectivity index (χ4n) is 3.45. The Hall–Kier alpha value is -1.44. The van der Waals surface area contributed by atoms with E-state index in [0.717, 1.165) is 38.5 Å². The summed E-state index contributed by atoms with van der Waals surface area (Å²) < 4.78 is 21.5. The first-order chi connectivity index (χ1) is 17.0. The molecule has 0 aromatic carbocycles. The third-order valence-corrected chi connectivity index (χ3v) is 5.90. The summed E-state index contributed by atoms with van der Waals surface area (Å²) in [6, 6.07) is 0.194. The zero-order valence-corrected chi connectivity index (χ0v) is 23.1. The molecule has 206 valence electrons. The van der Waals surface area contributed by atoms with Gasteiger partial charge >= 0.3 is 11.9 Å². The highest BCUT2D eigenvalue weighted by Gasteiger charge is 2.12. The highest BCUT2D eigenvalue weighted by Crippen LogP contribution is 2.07. The fourth-order valence-corrected chi connectivity index (χ4v) is 3.45. The number of hydrogen-bond donors (Lipinski definition) is 0. The van der Waals surface area contributed by atoms with E-state index in [1.54, 1.807) is 0 Å². The van der Waals surface area contributed by atoms with Crippen LogP contribution in [0.15, 0.2) is 12.2 Å². The fraction of sp³-hybridized carbons (Fsp3) is 0.857. The molecule has 35 heavy (non-hydrogen) atoms. The van der Waals surface area contributed by atoms with Gasteiger partial charge in [-0.2, -0.15) is 0 Å². The van der Waals surface area contributed by atoms with E-state index < -0.39 is 0 Å². The highest BCUT2D eigenvalue weighted by atomic mass is 16.5. The topological polar surface area (TPSA) is 74.3 Å². The molecule has 7 nitrogen and oxygen atoms in total. The summed E-state index contributed by atoms with van der Waals surface area (Å²) in [6.45, 7) is 5.15. The number of unbranched alkanes of at least 4 members (excludes halogenated alkanes) is 9. The molecule has 1 unspecified atom stereocenters. The molecule has 0 fully saturated rings. The maximum absolute atomic E-state index is 11.8. The molecule has 0 aliphatic heterocycles. The predicted molar refractivity (Wildman–Crippen MR) is 142 cm³/mol. The van der Waals surface area contributed by atoms with E-state index in [0.29, 0.717) is 45.9 Å². The van der Waals surface area contributed by atoms with Crippen LogP contribution < -0.4 is 0 Å². The van der Waals surface area contributed by atoms with Gasteiger partial charge in [0.05, 0.1) is 26.4 Å². The van der Waals surface area contributed by atoms with Crippen molar-refractivity contribution in [2.24, 2.45) is 0 Å². The molecule has 0 aromatic rings. The zero-order chi connectivity index (χ0) is 26.0. The zero-order valence-electron chi connectivity index (χ0n) is 23.1. The molecule has 0 aliphatic carbocycles. The van der Waals surface area contributed by atoms with Crippen molar-refractivity contribution in [3.8, 4) is 0 Å². The van der Waals surface area contributed by atoms with Crippen LogP contribution in [0.5, 0.6) is 0 Å². The highest BCUT2D eigenvalue weighted by molar-refractivity contribution is 5.69. The van der Waals surface area contributed by atoms with Gasteiger partial charge in [-0.3, -0.25) is 9.59 Å². The Balaban J connectivity index is 3.58. The van der Waals surface area contributed by atoms with E-state index in [-0.39, 0.29) is 18.0 Å². The van der Waals surface area contributed by atoms with Crippen molar-refractivity contribution in [3.63, 3.8) is 0 Å². The van der Waals surface area contributed by atoms with Gasteiger partial charge in [0.2, 0.25) is 0 Å². The first kappa shape index (κ1) is 33.6. The molecule has 0 N–H and O–H groups in total. The molecule has 0 heterocycles. The number of rotatable bonds is 25. The molecule has 0 radical (unpaired) electrons. The van der Waals surface area contributed by atoms with Crippen LogP contribution in [0.3, 0.4) is 0 Å². The molecule has 0 amide bonds. The molecule has 0 saturated carbocycles. The lowest BCUT2D eigenvalue weighted by Crippen LogP contribution is -2.37. The average molecular weight is 500 g/mol. The molecule has 0 rings (SSSR count). The van der Waals surface area contributed by atoms with Crippen LogP contribution in [0.4, 0.5) is 0 Å². The van der Waals surface area contributed by atoms with Gasteiger partial charge in [0.15, 0.2) is 0 Å². The minimum Gasteiger partial charge on any atom is -0.469 e. The van der Waals surface area contributed by atoms with Crippen molar-refractivity contribution in [1.29, 1.82) is 0 Å². The Morgan fingerprint density at radius 3 is 1.97 bits per heavy atom. The molecule has 0 spiro atoms. The summed E-state index contributed by atoms with van der Waals surface area (Å²) >= 11 is 0. The summed E-state index contributed by atoms with van der Waals surface area (Å²) in [4.78, 5) is 25.0. The van der Waals surface area contributed by atoms with Crippen molar-refractivity contribution >= 4 is 11.9 Å². The van der Waals surface area contributed by atoms with E-state index in [2.05, 4.69) is 22.6 Å². The molecule has 0 saturated heterocycles. The SMILES string of the molecule is CCCCCCCCC=CCOC(=O)CCCCCOCC(COCCCCC(=O)OC)N(C)C. The van der Waals surface area contributed by atoms with Crippen LogP contribution in [0.2, 0.25) is 0 Å². The van der Waals surface area contributed by atoms with Crippen LogP contribution >= 0.6 is 0 Å². The second-order valence-electron chi connectivity index (χ2n) is 9.32. The lowest BCUT2D eigenvalue weighted by molar-refractivity contribution is -0.142. The Kier molecular flexibility index (Phi) is 24.6. The summed E-state index contributed by atoms with van der Waals surface area (Å²) in [5.41, 5.74) is 0.